The summed E-state index contributed by atoms with van der Waals surface area (Å²) in [6, 6.07) is 0. The molecule has 0 unspecified atom stereocenters. The first-order valence-corrected chi connectivity index (χ1v) is 8.17. The normalized spacial score (nSPS) is 17.8. The molecule has 1 N–H and O–H groups in total. The summed E-state index contributed by atoms with van der Waals surface area (Å²) in [5, 5.41) is 14.1. The largest absolute Gasteiger partial charge is 0.481 e. The van der Waals surface area contributed by atoms with Crippen molar-refractivity contribution >= 4 is 17.7 Å². The summed E-state index contributed by atoms with van der Waals surface area (Å²) in [5.41, 5.74) is 0.105. The van der Waals surface area contributed by atoms with Crippen LogP contribution in [0, 0.1) is 5.92 Å². The predicted molar refractivity (Wildman–Crippen MR) is 79.0 cm³/mol. The molecule has 1 aliphatic carbocycles. The first-order valence-electron chi connectivity index (χ1n) is 7.19. The Morgan fingerprint density at radius 1 is 1.45 bits per heavy atom. The maximum Gasteiger partial charge on any atom is 0.313 e. The molecular formula is C14H23N3O2S. The Labute approximate surface area is 124 Å². The highest BCUT2D eigenvalue weighted by Gasteiger charge is 2.40. The van der Waals surface area contributed by atoms with Crippen molar-refractivity contribution in [2.45, 2.75) is 56.5 Å². The SMILES string of the molecule is CC(C)CC1(c2nc(SCC(=O)O)n(C)n2)CCCC1. The van der Waals surface area contributed by atoms with Crippen molar-refractivity contribution in [1.29, 1.82) is 0 Å². The molecule has 1 aliphatic rings. The number of thioether (sulfide) groups is 1. The van der Waals surface area contributed by atoms with Crippen molar-refractivity contribution in [2.24, 2.45) is 13.0 Å². The van der Waals surface area contributed by atoms with E-state index in [9.17, 15) is 4.79 Å². The molecule has 20 heavy (non-hydrogen) atoms. The zero-order valence-corrected chi connectivity index (χ0v) is 13.2. The average Bonchev–Trinajstić information content (AvgIpc) is 2.94. The Morgan fingerprint density at radius 3 is 2.65 bits per heavy atom. The Bertz CT molecular complexity index is 479. The molecule has 112 valence electrons. The molecule has 1 fully saturated rings. The number of aryl methyl sites for hydroxylation is 1. The number of nitrogens with zero attached hydrogens (tertiary/aromatic N) is 3. The van der Waals surface area contributed by atoms with Gasteiger partial charge in [0.05, 0.1) is 5.75 Å². The molecule has 5 nitrogen and oxygen atoms in total. The summed E-state index contributed by atoms with van der Waals surface area (Å²) in [5.74, 6) is 0.742. The second-order valence-corrected chi connectivity index (χ2v) is 7.05. The van der Waals surface area contributed by atoms with Crippen LogP contribution in [0.3, 0.4) is 0 Å². The van der Waals surface area contributed by atoms with E-state index in [2.05, 4.69) is 23.9 Å². The van der Waals surface area contributed by atoms with Crippen LogP contribution in [0.5, 0.6) is 0 Å². The first kappa shape index (κ1) is 15.4. The molecule has 1 saturated carbocycles. The third kappa shape index (κ3) is 3.34. The molecular weight excluding hydrogens is 274 g/mol. The number of aliphatic carboxylic acids is 1. The lowest BCUT2D eigenvalue weighted by molar-refractivity contribution is -0.133. The van der Waals surface area contributed by atoms with Crippen molar-refractivity contribution in [3.05, 3.63) is 5.82 Å². The minimum Gasteiger partial charge on any atom is -0.481 e. The van der Waals surface area contributed by atoms with Gasteiger partial charge >= 0.3 is 5.97 Å². The first-order chi connectivity index (χ1) is 9.43. The van der Waals surface area contributed by atoms with Crippen LogP contribution in [0.25, 0.3) is 0 Å². The Kier molecular flexibility index (Phi) is 4.73. The zero-order valence-electron chi connectivity index (χ0n) is 12.4. The Balaban J connectivity index is 2.21. The standard InChI is InChI=1S/C14H23N3O2S/c1-10(2)8-14(6-4-5-7-14)12-15-13(17(3)16-12)20-9-11(18)19/h10H,4-9H2,1-3H3,(H,18,19). The summed E-state index contributed by atoms with van der Waals surface area (Å²) in [6.45, 7) is 4.48. The molecule has 0 aliphatic heterocycles. The van der Waals surface area contributed by atoms with E-state index in [1.54, 1.807) is 4.68 Å². The molecule has 0 aromatic carbocycles. The molecule has 0 atom stereocenters. The molecule has 1 aromatic heterocycles. The number of hydrogen-bond acceptors (Lipinski definition) is 4. The number of aromatic nitrogens is 3. The van der Waals surface area contributed by atoms with Crippen LogP contribution in [0.15, 0.2) is 5.16 Å². The van der Waals surface area contributed by atoms with E-state index in [1.807, 2.05) is 7.05 Å². The number of carboxylic acids is 1. The Morgan fingerprint density at radius 2 is 2.10 bits per heavy atom. The van der Waals surface area contributed by atoms with Gasteiger partial charge in [0.15, 0.2) is 11.0 Å². The van der Waals surface area contributed by atoms with Gasteiger partial charge in [-0.1, -0.05) is 38.5 Å². The van der Waals surface area contributed by atoms with E-state index < -0.39 is 5.97 Å². The summed E-state index contributed by atoms with van der Waals surface area (Å²) in [6.07, 6.45) is 5.89. The number of carbonyl (C=O) groups is 1. The van der Waals surface area contributed by atoms with Gasteiger partial charge in [-0.25, -0.2) is 9.67 Å². The molecule has 1 heterocycles. The molecule has 1 aromatic rings. The van der Waals surface area contributed by atoms with Gasteiger partial charge in [-0.15, -0.1) is 0 Å². The Hall–Kier alpha value is -1.04. The minimum atomic E-state index is -0.822. The lowest BCUT2D eigenvalue weighted by atomic mass is 9.78. The van der Waals surface area contributed by atoms with E-state index in [4.69, 9.17) is 5.11 Å². The fourth-order valence-electron chi connectivity index (χ4n) is 3.20. The predicted octanol–water partition coefficient (Wildman–Crippen LogP) is 2.85. The topological polar surface area (TPSA) is 68.0 Å². The van der Waals surface area contributed by atoms with Crippen LogP contribution in [0.1, 0.15) is 51.8 Å². The third-order valence-corrected chi connectivity index (χ3v) is 4.89. The van der Waals surface area contributed by atoms with Crippen LogP contribution in [-0.2, 0) is 17.3 Å². The summed E-state index contributed by atoms with van der Waals surface area (Å²) < 4.78 is 1.73. The highest BCUT2D eigenvalue weighted by atomic mass is 32.2. The third-order valence-electron chi connectivity index (χ3n) is 3.88. The van der Waals surface area contributed by atoms with E-state index >= 15 is 0 Å². The highest BCUT2D eigenvalue weighted by molar-refractivity contribution is 7.99. The molecule has 0 bridgehead atoms. The van der Waals surface area contributed by atoms with Gasteiger partial charge in [-0.3, -0.25) is 4.79 Å². The van der Waals surface area contributed by atoms with E-state index in [1.165, 1.54) is 24.6 Å². The van der Waals surface area contributed by atoms with Crippen LogP contribution in [0.2, 0.25) is 0 Å². The summed E-state index contributed by atoms with van der Waals surface area (Å²) in [4.78, 5) is 15.3. The van der Waals surface area contributed by atoms with Crippen molar-refractivity contribution in [1.82, 2.24) is 14.8 Å². The lowest BCUT2D eigenvalue weighted by Gasteiger charge is -2.27. The quantitative estimate of drug-likeness (QED) is 0.818. The van der Waals surface area contributed by atoms with E-state index in [-0.39, 0.29) is 11.2 Å². The molecule has 6 heteroatoms. The van der Waals surface area contributed by atoms with Crippen molar-refractivity contribution in [2.75, 3.05) is 5.75 Å². The average molecular weight is 297 g/mol. The van der Waals surface area contributed by atoms with Crippen LogP contribution < -0.4 is 0 Å². The zero-order chi connectivity index (χ0) is 14.8. The van der Waals surface area contributed by atoms with E-state index in [0.717, 1.165) is 25.1 Å². The molecule has 2 rings (SSSR count). The summed E-state index contributed by atoms with van der Waals surface area (Å²) in [7, 11) is 1.85. The number of rotatable bonds is 6. The van der Waals surface area contributed by atoms with Crippen LogP contribution >= 0.6 is 11.8 Å². The van der Waals surface area contributed by atoms with Gasteiger partial charge in [0.25, 0.3) is 0 Å². The monoisotopic (exact) mass is 297 g/mol. The minimum absolute atomic E-state index is 0.0309. The van der Waals surface area contributed by atoms with Gasteiger partial charge in [0.1, 0.15) is 0 Å². The smallest absolute Gasteiger partial charge is 0.313 e. The molecule has 0 saturated heterocycles. The summed E-state index contributed by atoms with van der Waals surface area (Å²) >= 11 is 1.24. The number of carboxylic acid groups (broad SMARTS) is 1. The van der Waals surface area contributed by atoms with Crippen LogP contribution in [-0.4, -0.2) is 31.6 Å². The van der Waals surface area contributed by atoms with Crippen molar-refractivity contribution in [3.63, 3.8) is 0 Å². The van der Waals surface area contributed by atoms with Gasteiger partial charge < -0.3 is 5.11 Å². The van der Waals surface area contributed by atoms with E-state index in [0.29, 0.717) is 11.1 Å². The fraction of sp³-hybridized carbons (Fsp3) is 0.786. The highest BCUT2D eigenvalue weighted by Crippen LogP contribution is 2.44. The maximum absolute atomic E-state index is 10.7. The second kappa shape index (κ2) is 6.16. The fourth-order valence-corrected chi connectivity index (χ4v) is 3.83. The van der Waals surface area contributed by atoms with Crippen molar-refractivity contribution < 1.29 is 9.90 Å². The molecule has 0 radical (unpaired) electrons. The van der Waals surface area contributed by atoms with Crippen molar-refractivity contribution in [3.8, 4) is 0 Å². The molecule has 0 spiro atoms. The lowest BCUT2D eigenvalue weighted by Crippen LogP contribution is -2.26. The second-order valence-electron chi connectivity index (χ2n) is 6.11. The van der Waals surface area contributed by atoms with Gasteiger partial charge in [0, 0.05) is 12.5 Å². The van der Waals surface area contributed by atoms with Crippen LogP contribution in [0.4, 0.5) is 0 Å². The maximum atomic E-state index is 10.7. The number of hydrogen-bond donors (Lipinski definition) is 1. The van der Waals surface area contributed by atoms with Gasteiger partial charge in [-0.05, 0) is 25.2 Å². The molecule has 0 amide bonds. The van der Waals surface area contributed by atoms with Gasteiger partial charge in [0.2, 0.25) is 0 Å². The van der Waals surface area contributed by atoms with Gasteiger partial charge in [-0.2, -0.15) is 5.10 Å².